The summed E-state index contributed by atoms with van der Waals surface area (Å²) in [7, 11) is 0. The lowest BCUT2D eigenvalue weighted by molar-refractivity contribution is -0.144. The normalized spacial score (nSPS) is 16.2. The van der Waals surface area contributed by atoms with Gasteiger partial charge in [-0.1, -0.05) is 39.8 Å². The molecule has 1 aliphatic rings. The Morgan fingerprint density at radius 2 is 1.73 bits per heavy atom. The lowest BCUT2D eigenvalue weighted by Crippen LogP contribution is -2.35. The molecule has 1 atom stereocenters. The largest absolute Gasteiger partial charge is 0.462 e. The molecule has 0 spiro atoms. The fourth-order valence-electron chi connectivity index (χ4n) is 3.34. The molecule has 0 radical (unpaired) electrons. The van der Waals surface area contributed by atoms with E-state index in [0.717, 1.165) is 35.9 Å². The fourth-order valence-corrected chi connectivity index (χ4v) is 5.53. The number of rotatable bonds is 12. The zero-order valence-corrected chi connectivity index (χ0v) is 22.0. The molecule has 0 saturated carbocycles. The Labute approximate surface area is 206 Å². The van der Waals surface area contributed by atoms with Crippen molar-refractivity contribution in [1.82, 2.24) is 10.6 Å². The van der Waals surface area contributed by atoms with E-state index in [1.807, 2.05) is 0 Å². The predicted molar refractivity (Wildman–Crippen MR) is 135 cm³/mol. The van der Waals surface area contributed by atoms with Crippen LogP contribution in [0, 0.1) is 11.3 Å². The molecule has 10 heteroatoms. The highest BCUT2D eigenvalue weighted by molar-refractivity contribution is 8.01. The Bertz CT molecular complexity index is 632. The minimum absolute atomic E-state index is 0.0149. The van der Waals surface area contributed by atoms with Crippen LogP contribution in [0.2, 0.25) is 0 Å². The number of carbonyl (C=O) groups is 3. The Balaban J connectivity index is 2.18. The second kappa shape index (κ2) is 16.1. The highest BCUT2D eigenvalue weighted by Gasteiger charge is 2.23. The fraction of sp³-hybridized carbons (Fsp3) is 0.783. The summed E-state index contributed by atoms with van der Waals surface area (Å²) in [6, 6.07) is 0. The molecule has 0 aliphatic carbocycles. The van der Waals surface area contributed by atoms with Crippen LogP contribution < -0.4 is 10.6 Å². The third-order valence-electron chi connectivity index (χ3n) is 4.93. The quantitative estimate of drug-likeness (QED) is 0.176. The van der Waals surface area contributed by atoms with Gasteiger partial charge in [-0.25, -0.2) is 9.59 Å². The van der Waals surface area contributed by atoms with Crippen molar-refractivity contribution in [1.29, 1.82) is 0 Å². The average Bonchev–Trinajstić information content (AvgIpc) is 2.72. The third-order valence-corrected chi connectivity index (χ3v) is 7.37. The van der Waals surface area contributed by atoms with Crippen LogP contribution in [0.1, 0.15) is 47.0 Å². The molecule has 1 unspecified atom stereocenters. The molecule has 1 saturated heterocycles. The predicted octanol–water partition coefficient (Wildman–Crippen LogP) is 4.24. The molecule has 0 bridgehead atoms. The molecule has 8 nitrogen and oxygen atoms in total. The molecule has 0 aromatic heterocycles. The molecule has 1 heterocycles. The van der Waals surface area contributed by atoms with Crippen molar-refractivity contribution in [3.8, 4) is 0 Å². The summed E-state index contributed by atoms with van der Waals surface area (Å²) in [6.45, 7) is 13.2. The number of ether oxygens (including phenoxy) is 3. The lowest BCUT2D eigenvalue weighted by atomic mass is 9.80. The summed E-state index contributed by atoms with van der Waals surface area (Å²) in [5.74, 6) is 3.34. The molecule has 1 aliphatic heterocycles. The van der Waals surface area contributed by atoms with Gasteiger partial charge < -0.3 is 24.8 Å². The van der Waals surface area contributed by atoms with E-state index in [-0.39, 0.29) is 42.7 Å². The monoisotopic (exact) mass is 504 g/mol. The molecule has 1 fully saturated rings. The van der Waals surface area contributed by atoms with Crippen LogP contribution in [0.5, 0.6) is 0 Å². The van der Waals surface area contributed by atoms with Gasteiger partial charge in [-0.05, 0) is 24.2 Å². The van der Waals surface area contributed by atoms with Crippen molar-refractivity contribution in [2.24, 2.45) is 11.3 Å². The number of thioether (sulfide) groups is 2. The van der Waals surface area contributed by atoms with Crippen molar-refractivity contribution in [2.45, 2.75) is 53.1 Å². The SMILES string of the molecule is C=C1CSCC(OC(=O)NCCC(C)(C)CC(C)CNC(=O)OCCOC(=O)CC)CSC1. The zero-order chi connectivity index (χ0) is 24.7. The summed E-state index contributed by atoms with van der Waals surface area (Å²) in [5.41, 5.74) is 1.21. The van der Waals surface area contributed by atoms with Crippen molar-refractivity contribution in [3.63, 3.8) is 0 Å². The Morgan fingerprint density at radius 1 is 1.09 bits per heavy atom. The van der Waals surface area contributed by atoms with Crippen LogP contribution >= 0.6 is 23.5 Å². The van der Waals surface area contributed by atoms with Crippen molar-refractivity contribution in [2.75, 3.05) is 49.3 Å². The summed E-state index contributed by atoms with van der Waals surface area (Å²) in [4.78, 5) is 34.9. The van der Waals surface area contributed by atoms with Gasteiger partial charge in [0.15, 0.2) is 0 Å². The minimum atomic E-state index is -0.522. The van der Waals surface area contributed by atoms with Crippen LogP contribution in [0.15, 0.2) is 12.2 Å². The maximum absolute atomic E-state index is 12.2. The summed E-state index contributed by atoms with van der Waals surface area (Å²) < 4.78 is 15.4. The first-order chi connectivity index (χ1) is 15.6. The van der Waals surface area contributed by atoms with Gasteiger partial charge in [0.25, 0.3) is 0 Å². The van der Waals surface area contributed by atoms with Gasteiger partial charge in [-0.15, -0.1) is 0 Å². The maximum Gasteiger partial charge on any atom is 0.407 e. The number of amides is 2. The number of carbonyl (C=O) groups excluding carboxylic acids is 3. The van der Waals surface area contributed by atoms with Crippen LogP contribution in [-0.4, -0.2) is 73.6 Å². The molecule has 1 rings (SSSR count). The molecule has 0 aromatic carbocycles. The third kappa shape index (κ3) is 15.1. The first-order valence-corrected chi connectivity index (χ1v) is 13.7. The smallest absolute Gasteiger partial charge is 0.407 e. The molecule has 2 amide bonds. The van der Waals surface area contributed by atoms with Crippen LogP contribution in [0.25, 0.3) is 0 Å². The van der Waals surface area contributed by atoms with E-state index >= 15 is 0 Å². The van der Waals surface area contributed by atoms with Gasteiger partial charge in [0.2, 0.25) is 0 Å². The number of esters is 1. The lowest BCUT2D eigenvalue weighted by Gasteiger charge is -2.28. The van der Waals surface area contributed by atoms with Gasteiger partial charge in [-0.3, -0.25) is 4.79 Å². The first kappa shape index (κ1) is 29.5. The van der Waals surface area contributed by atoms with Crippen LogP contribution in [-0.2, 0) is 19.0 Å². The van der Waals surface area contributed by atoms with Crippen molar-refractivity contribution < 1.29 is 28.6 Å². The molecular formula is C23H40N2O6S2. The number of nitrogens with one attached hydrogen (secondary N) is 2. The van der Waals surface area contributed by atoms with Gasteiger partial charge in [0, 0.05) is 42.5 Å². The maximum atomic E-state index is 12.2. The Hall–Kier alpha value is -1.55. The average molecular weight is 505 g/mol. The molecule has 33 heavy (non-hydrogen) atoms. The van der Waals surface area contributed by atoms with Gasteiger partial charge in [0.1, 0.15) is 19.3 Å². The molecular weight excluding hydrogens is 464 g/mol. The summed E-state index contributed by atoms with van der Waals surface area (Å²) in [5, 5.41) is 5.61. The van der Waals surface area contributed by atoms with Gasteiger partial charge in [0.05, 0.1) is 0 Å². The zero-order valence-electron chi connectivity index (χ0n) is 20.4. The van der Waals surface area contributed by atoms with Crippen molar-refractivity contribution >= 4 is 41.7 Å². The highest BCUT2D eigenvalue weighted by Crippen LogP contribution is 2.28. The Kier molecular flexibility index (Phi) is 14.4. The van der Waals surface area contributed by atoms with E-state index in [9.17, 15) is 14.4 Å². The topological polar surface area (TPSA) is 103 Å². The standard InChI is InChI=1S/C23H40N2O6S2/c1-6-20(26)29-9-10-30-21(27)25-12-17(2)11-23(4,5)7-8-24-22(28)31-19-15-32-13-18(3)14-33-16-19/h17,19H,3,6-16H2,1-2,4-5H3,(H,24,28)(H,25,27). The number of hydrogen-bond donors (Lipinski definition) is 2. The van der Waals surface area contributed by atoms with Crippen LogP contribution in [0.3, 0.4) is 0 Å². The Morgan fingerprint density at radius 3 is 2.36 bits per heavy atom. The minimum Gasteiger partial charge on any atom is -0.462 e. The molecule has 190 valence electrons. The molecule has 2 N–H and O–H groups in total. The number of alkyl carbamates (subject to hydrolysis) is 2. The number of hydrogen-bond acceptors (Lipinski definition) is 8. The van der Waals surface area contributed by atoms with Crippen molar-refractivity contribution in [3.05, 3.63) is 12.2 Å². The van der Waals surface area contributed by atoms with Gasteiger partial charge in [-0.2, -0.15) is 23.5 Å². The van der Waals surface area contributed by atoms with E-state index in [1.54, 1.807) is 30.4 Å². The van der Waals surface area contributed by atoms with E-state index in [2.05, 4.69) is 38.0 Å². The first-order valence-electron chi connectivity index (χ1n) is 11.4. The van der Waals surface area contributed by atoms with E-state index in [4.69, 9.17) is 14.2 Å². The van der Waals surface area contributed by atoms with Crippen LogP contribution in [0.4, 0.5) is 9.59 Å². The van der Waals surface area contributed by atoms with E-state index in [1.165, 1.54) is 5.57 Å². The van der Waals surface area contributed by atoms with E-state index in [0.29, 0.717) is 19.5 Å². The highest BCUT2D eigenvalue weighted by atomic mass is 32.2. The summed E-state index contributed by atoms with van der Waals surface area (Å²) >= 11 is 3.52. The second-order valence-corrected chi connectivity index (χ2v) is 11.1. The van der Waals surface area contributed by atoms with Gasteiger partial charge >= 0.3 is 18.2 Å². The van der Waals surface area contributed by atoms with E-state index < -0.39 is 6.09 Å². The second-order valence-electron chi connectivity index (χ2n) is 9.05. The summed E-state index contributed by atoms with van der Waals surface area (Å²) in [6.07, 6.45) is 1.01. The molecule has 0 aromatic rings.